The van der Waals surface area contributed by atoms with E-state index in [9.17, 15) is 19.5 Å². The predicted molar refractivity (Wildman–Crippen MR) is 74.9 cm³/mol. The minimum absolute atomic E-state index is 0.0579. The number of hydrogen-bond donors (Lipinski definition) is 2. The Balaban J connectivity index is 2.29. The molecule has 116 valence electrons. The summed E-state index contributed by atoms with van der Waals surface area (Å²) in [6, 6.07) is 3.99. The number of ether oxygens (including phenoxy) is 2. The van der Waals surface area contributed by atoms with Crippen molar-refractivity contribution in [3.05, 3.63) is 29.5 Å². The zero-order valence-corrected chi connectivity index (χ0v) is 12.0. The maximum absolute atomic E-state index is 12.1. The molecular weight excluding hydrogens is 292 g/mol. The molecule has 0 spiro atoms. The molecule has 8 nitrogen and oxygen atoms in total. The number of nitrogens with one attached hydrogen (secondary N) is 1. The Labute approximate surface area is 125 Å². The molecule has 3 amide bonds. The van der Waals surface area contributed by atoms with E-state index in [1.165, 1.54) is 13.2 Å². The summed E-state index contributed by atoms with van der Waals surface area (Å²) >= 11 is 0. The Morgan fingerprint density at radius 1 is 1.36 bits per heavy atom. The van der Waals surface area contributed by atoms with Gasteiger partial charge in [0, 0.05) is 5.56 Å². The third-order valence-corrected chi connectivity index (χ3v) is 3.03. The lowest BCUT2D eigenvalue weighted by atomic mass is 10.1. The van der Waals surface area contributed by atoms with E-state index >= 15 is 0 Å². The number of esters is 1. The number of aromatic hydroxyl groups is 1. The third-order valence-electron chi connectivity index (χ3n) is 3.03. The SMILES string of the molecule is COC(=O)CN1C(=O)N/C(=C\c2cccc(OC)c2O)C1=O. The second-order valence-corrected chi connectivity index (χ2v) is 4.35. The Bertz CT molecular complexity index is 667. The van der Waals surface area contributed by atoms with Gasteiger partial charge in [0.25, 0.3) is 5.91 Å². The number of methoxy groups -OCH3 is 2. The average molecular weight is 306 g/mol. The summed E-state index contributed by atoms with van der Waals surface area (Å²) in [6.07, 6.45) is 1.30. The first kappa shape index (κ1) is 15.4. The number of urea groups is 1. The van der Waals surface area contributed by atoms with Crippen molar-refractivity contribution >= 4 is 24.0 Å². The number of phenols is 1. The van der Waals surface area contributed by atoms with Gasteiger partial charge in [-0.05, 0) is 12.1 Å². The zero-order valence-electron chi connectivity index (χ0n) is 12.0. The van der Waals surface area contributed by atoms with E-state index in [4.69, 9.17) is 4.74 Å². The largest absolute Gasteiger partial charge is 0.504 e. The van der Waals surface area contributed by atoms with Crippen LogP contribution >= 0.6 is 0 Å². The van der Waals surface area contributed by atoms with Crippen molar-refractivity contribution in [3.8, 4) is 11.5 Å². The predicted octanol–water partition coefficient (Wildman–Crippen LogP) is 0.466. The van der Waals surface area contributed by atoms with Crippen LogP contribution < -0.4 is 10.1 Å². The van der Waals surface area contributed by atoms with E-state index in [-0.39, 0.29) is 17.2 Å². The van der Waals surface area contributed by atoms with E-state index in [0.29, 0.717) is 5.56 Å². The topological polar surface area (TPSA) is 105 Å². The van der Waals surface area contributed by atoms with Crippen LogP contribution in [0.15, 0.2) is 23.9 Å². The molecule has 1 fully saturated rings. The fourth-order valence-electron chi connectivity index (χ4n) is 1.88. The van der Waals surface area contributed by atoms with Gasteiger partial charge in [0.05, 0.1) is 14.2 Å². The Morgan fingerprint density at radius 3 is 2.73 bits per heavy atom. The van der Waals surface area contributed by atoms with E-state index in [1.807, 2.05) is 0 Å². The number of amides is 3. The van der Waals surface area contributed by atoms with Crippen LogP contribution in [-0.4, -0.2) is 48.7 Å². The monoisotopic (exact) mass is 306 g/mol. The van der Waals surface area contributed by atoms with Crippen LogP contribution in [0, 0.1) is 0 Å². The normalized spacial score (nSPS) is 15.9. The average Bonchev–Trinajstić information content (AvgIpc) is 2.76. The number of carbonyl (C=O) groups is 3. The van der Waals surface area contributed by atoms with Crippen LogP contribution in [0.25, 0.3) is 6.08 Å². The zero-order chi connectivity index (χ0) is 16.3. The van der Waals surface area contributed by atoms with Gasteiger partial charge in [0.15, 0.2) is 11.5 Å². The van der Waals surface area contributed by atoms with Crippen molar-refractivity contribution < 1.29 is 29.0 Å². The number of imide groups is 1. The Hall–Kier alpha value is -3.03. The molecule has 0 atom stereocenters. The summed E-state index contributed by atoms with van der Waals surface area (Å²) in [5.41, 5.74) is 0.236. The quantitative estimate of drug-likeness (QED) is 0.476. The van der Waals surface area contributed by atoms with Crippen molar-refractivity contribution in [1.82, 2.24) is 10.2 Å². The van der Waals surface area contributed by atoms with Gasteiger partial charge in [-0.25, -0.2) is 9.69 Å². The van der Waals surface area contributed by atoms with Gasteiger partial charge in [0.2, 0.25) is 0 Å². The second kappa shape index (κ2) is 6.17. The van der Waals surface area contributed by atoms with Crippen LogP contribution in [0.4, 0.5) is 4.79 Å². The second-order valence-electron chi connectivity index (χ2n) is 4.35. The van der Waals surface area contributed by atoms with Crippen LogP contribution in [0.3, 0.4) is 0 Å². The van der Waals surface area contributed by atoms with Crippen molar-refractivity contribution in [2.24, 2.45) is 0 Å². The molecule has 1 saturated heterocycles. The van der Waals surface area contributed by atoms with E-state index < -0.39 is 24.5 Å². The molecule has 22 heavy (non-hydrogen) atoms. The van der Waals surface area contributed by atoms with E-state index in [1.54, 1.807) is 18.2 Å². The molecule has 0 radical (unpaired) electrons. The van der Waals surface area contributed by atoms with Crippen LogP contribution in [-0.2, 0) is 14.3 Å². The van der Waals surface area contributed by atoms with Gasteiger partial charge >= 0.3 is 12.0 Å². The molecule has 0 aromatic heterocycles. The number of nitrogens with zero attached hydrogens (tertiary/aromatic N) is 1. The summed E-state index contributed by atoms with van der Waals surface area (Å²) in [5, 5.41) is 12.3. The molecule has 2 rings (SSSR count). The molecule has 1 aromatic rings. The van der Waals surface area contributed by atoms with Crippen molar-refractivity contribution in [1.29, 1.82) is 0 Å². The minimum Gasteiger partial charge on any atom is -0.504 e. The lowest BCUT2D eigenvalue weighted by molar-refractivity contribution is -0.143. The highest BCUT2D eigenvalue weighted by molar-refractivity contribution is 6.15. The molecule has 0 saturated carbocycles. The summed E-state index contributed by atoms with van der Waals surface area (Å²) in [5.74, 6) is -1.32. The molecule has 8 heteroatoms. The summed E-state index contributed by atoms with van der Waals surface area (Å²) in [7, 11) is 2.55. The van der Waals surface area contributed by atoms with Gasteiger partial charge in [0.1, 0.15) is 12.2 Å². The number of para-hydroxylation sites is 1. The minimum atomic E-state index is -0.732. The molecule has 2 N–H and O–H groups in total. The molecule has 1 heterocycles. The van der Waals surface area contributed by atoms with Gasteiger partial charge < -0.3 is 19.9 Å². The number of phenolic OH excluding ortho intramolecular Hbond substituents is 1. The first-order chi connectivity index (χ1) is 10.5. The first-order valence-electron chi connectivity index (χ1n) is 6.25. The molecule has 0 aliphatic carbocycles. The number of hydrogen-bond acceptors (Lipinski definition) is 6. The van der Waals surface area contributed by atoms with Crippen LogP contribution in [0.2, 0.25) is 0 Å². The summed E-state index contributed by atoms with van der Waals surface area (Å²) in [6.45, 7) is -0.484. The molecule has 0 bridgehead atoms. The van der Waals surface area contributed by atoms with Gasteiger partial charge in [-0.2, -0.15) is 0 Å². The Morgan fingerprint density at radius 2 is 2.09 bits per heavy atom. The van der Waals surface area contributed by atoms with Crippen LogP contribution in [0.5, 0.6) is 11.5 Å². The maximum Gasteiger partial charge on any atom is 0.329 e. The smallest absolute Gasteiger partial charge is 0.329 e. The standard InChI is InChI=1S/C14H14N2O6/c1-21-10-5-3-4-8(12(10)18)6-9-13(19)16(14(20)15-9)7-11(17)22-2/h3-6,18H,7H2,1-2H3,(H,15,20)/b9-6-. The molecular formula is C14H14N2O6. The highest BCUT2D eigenvalue weighted by atomic mass is 16.5. The third kappa shape index (κ3) is 2.85. The van der Waals surface area contributed by atoms with Gasteiger partial charge in [-0.15, -0.1) is 0 Å². The highest BCUT2D eigenvalue weighted by Crippen LogP contribution is 2.31. The highest BCUT2D eigenvalue weighted by Gasteiger charge is 2.35. The molecule has 1 aromatic carbocycles. The summed E-state index contributed by atoms with van der Waals surface area (Å²) in [4.78, 5) is 35.7. The van der Waals surface area contributed by atoms with Crippen molar-refractivity contribution in [3.63, 3.8) is 0 Å². The van der Waals surface area contributed by atoms with E-state index in [0.717, 1.165) is 12.0 Å². The Kier molecular flexibility index (Phi) is 4.31. The summed E-state index contributed by atoms with van der Waals surface area (Å²) < 4.78 is 9.39. The molecule has 1 aliphatic heterocycles. The lowest BCUT2D eigenvalue weighted by Crippen LogP contribution is -2.36. The first-order valence-corrected chi connectivity index (χ1v) is 6.25. The number of rotatable bonds is 4. The molecule has 1 aliphatic rings. The van der Waals surface area contributed by atoms with Crippen molar-refractivity contribution in [2.75, 3.05) is 20.8 Å². The van der Waals surface area contributed by atoms with Crippen LogP contribution in [0.1, 0.15) is 5.56 Å². The lowest BCUT2D eigenvalue weighted by Gasteiger charge is -2.09. The van der Waals surface area contributed by atoms with Gasteiger partial charge in [-0.3, -0.25) is 9.59 Å². The van der Waals surface area contributed by atoms with Gasteiger partial charge in [-0.1, -0.05) is 12.1 Å². The fraction of sp³-hybridized carbons (Fsp3) is 0.214. The maximum atomic E-state index is 12.1. The van der Waals surface area contributed by atoms with Crippen molar-refractivity contribution in [2.45, 2.75) is 0 Å². The number of benzene rings is 1. The molecule has 0 unspecified atom stereocenters. The number of carbonyl (C=O) groups excluding carboxylic acids is 3. The van der Waals surface area contributed by atoms with E-state index in [2.05, 4.69) is 10.1 Å². The fourth-order valence-corrected chi connectivity index (χ4v) is 1.88.